The van der Waals surface area contributed by atoms with E-state index in [0.717, 1.165) is 38.5 Å². The number of primary amides is 1. The number of hydrogen-bond acceptors (Lipinski definition) is 12. The summed E-state index contributed by atoms with van der Waals surface area (Å²) in [6.07, 6.45) is 14.0. The van der Waals surface area contributed by atoms with E-state index in [1.807, 2.05) is 0 Å². The van der Waals surface area contributed by atoms with Crippen molar-refractivity contribution in [2.75, 3.05) is 6.54 Å². The van der Waals surface area contributed by atoms with Crippen molar-refractivity contribution < 1.29 is 53.3 Å². The number of ether oxygens (including phenoxy) is 1. The number of esters is 1. The first-order valence-electron chi connectivity index (χ1n) is 25.8. The first-order chi connectivity index (χ1) is 33.1. The number of guanidine groups is 1. The van der Waals surface area contributed by atoms with Crippen LogP contribution in [0, 0.1) is 11.8 Å². The standard InChI is InChI=1S/C49H90N10O11/c1-8-31(4)40-45(66)59-41(33(6)60)46(67)56-37(29-38(50)62)43(64)54-32(5)48(69)70-34(7)42(47(68)55-36(27-30(2)3)44(65)58-40)57-39(63)28-35(61)25-23-21-19-17-15-13-11-9-10-12-14-16-18-20-22-24-26-53-49(51)52/h30-37,40-42,60-61H,8-29H2,1-7H3,(H2,50,62)(H,54,64)(H,55,68)(H,56,67)(H,57,63)(H,58,65)(H,59,66)(H4,51,52,53)/t31-,32-,33-,34-,35-,36-,37-,40+,41-,42+/m1/s1. The van der Waals surface area contributed by atoms with Crippen molar-refractivity contribution in [2.45, 2.75) is 238 Å². The predicted octanol–water partition coefficient (Wildman–Crippen LogP) is 1.86. The quantitative estimate of drug-likeness (QED) is 0.0221. The Bertz CT molecular complexity index is 1660. The zero-order chi connectivity index (χ0) is 52.8. The number of aliphatic hydroxyl groups excluding tert-OH is 2. The van der Waals surface area contributed by atoms with Gasteiger partial charge in [0.25, 0.3) is 0 Å². The highest BCUT2D eigenvalue weighted by molar-refractivity contribution is 5.98. The van der Waals surface area contributed by atoms with E-state index in [0.29, 0.717) is 25.8 Å². The molecule has 21 nitrogen and oxygen atoms in total. The number of nitrogens with two attached hydrogens (primary N) is 3. The summed E-state index contributed by atoms with van der Waals surface area (Å²) < 4.78 is 5.58. The third-order valence-corrected chi connectivity index (χ3v) is 12.5. The Kier molecular flexibility index (Phi) is 31.6. The van der Waals surface area contributed by atoms with Gasteiger partial charge in [-0.1, -0.05) is 130 Å². The zero-order valence-corrected chi connectivity index (χ0v) is 43.2. The van der Waals surface area contributed by atoms with E-state index in [-0.39, 0.29) is 24.7 Å². The maximum atomic E-state index is 14.1. The van der Waals surface area contributed by atoms with E-state index >= 15 is 0 Å². The van der Waals surface area contributed by atoms with Gasteiger partial charge in [-0.05, 0) is 51.9 Å². The Hall–Kier alpha value is -5.05. The van der Waals surface area contributed by atoms with E-state index in [4.69, 9.17) is 21.9 Å². The fourth-order valence-electron chi connectivity index (χ4n) is 8.09. The van der Waals surface area contributed by atoms with Crippen molar-refractivity contribution in [3.05, 3.63) is 0 Å². The summed E-state index contributed by atoms with van der Waals surface area (Å²) in [6, 6.07) is -8.92. The third kappa shape index (κ3) is 26.8. The minimum atomic E-state index is -1.67. The van der Waals surface area contributed by atoms with Crippen molar-refractivity contribution in [1.82, 2.24) is 31.9 Å². The number of nitrogens with zero attached hydrogens (tertiary/aromatic N) is 1. The molecule has 0 saturated carbocycles. The van der Waals surface area contributed by atoms with Crippen molar-refractivity contribution in [2.24, 2.45) is 34.0 Å². The minimum absolute atomic E-state index is 0.0786. The third-order valence-electron chi connectivity index (χ3n) is 12.5. The van der Waals surface area contributed by atoms with Crippen LogP contribution in [0.5, 0.6) is 0 Å². The highest BCUT2D eigenvalue weighted by atomic mass is 16.5. The molecular weight excluding hydrogens is 905 g/mol. The van der Waals surface area contributed by atoms with Gasteiger partial charge in [0, 0.05) is 6.54 Å². The summed E-state index contributed by atoms with van der Waals surface area (Å²) in [4.78, 5) is 112. The van der Waals surface area contributed by atoms with Crippen LogP contribution < -0.4 is 49.1 Å². The molecule has 21 heteroatoms. The molecule has 0 bridgehead atoms. The number of rotatable bonds is 29. The molecule has 14 N–H and O–H groups in total. The van der Waals surface area contributed by atoms with Crippen molar-refractivity contribution in [3.63, 3.8) is 0 Å². The minimum Gasteiger partial charge on any atom is -0.458 e. The van der Waals surface area contributed by atoms with Gasteiger partial charge in [-0.25, -0.2) is 4.79 Å². The van der Waals surface area contributed by atoms with E-state index in [1.54, 1.807) is 27.7 Å². The van der Waals surface area contributed by atoms with Crippen LogP contribution in [0.4, 0.5) is 0 Å². The average molecular weight is 995 g/mol. The van der Waals surface area contributed by atoms with Gasteiger partial charge in [0.2, 0.25) is 41.4 Å². The first kappa shape index (κ1) is 63.0. The van der Waals surface area contributed by atoms with Gasteiger partial charge in [0.1, 0.15) is 42.4 Å². The van der Waals surface area contributed by atoms with Crippen molar-refractivity contribution >= 4 is 53.3 Å². The molecule has 0 aromatic rings. The molecule has 0 radical (unpaired) electrons. The smallest absolute Gasteiger partial charge is 0.328 e. The number of nitrogens with one attached hydrogen (secondary N) is 6. The van der Waals surface area contributed by atoms with Crippen LogP contribution in [0.15, 0.2) is 4.99 Å². The second kappa shape index (κ2) is 35.1. The van der Waals surface area contributed by atoms with Gasteiger partial charge in [0.15, 0.2) is 5.96 Å². The molecule has 1 aliphatic heterocycles. The summed E-state index contributed by atoms with van der Waals surface area (Å²) in [7, 11) is 0. The summed E-state index contributed by atoms with van der Waals surface area (Å²) >= 11 is 0. The van der Waals surface area contributed by atoms with Gasteiger partial charge in [0.05, 0.1) is 25.0 Å². The number of carbonyl (C=O) groups excluding carboxylic acids is 8. The highest BCUT2D eigenvalue weighted by Crippen LogP contribution is 2.17. The van der Waals surface area contributed by atoms with Crippen LogP contribution in [0.2, 0.25) is 0 Å². The molecule has 0 unspecified atom stereocenters. The summed E-state index contributed by atoms with van der Waals surface area (Å²) in [5.74, 6) is -7.97. The zero-order valence-electron chi connectivity index (χ0n) is 43.2. The van der Waals surface area contributed by atoms with Gasteiger partial charge in [-0.3, -0.25) is 38.6 Å². The Balaban J connectivity index is 3.00. The number of cyclic esters (lactones) is 1. The van der Waals surface area contributed by atoms with Gasteiger partial charge in [-0.2, -0.15) is 0 Å². The van der Waals surface area contributed by atoms with Gasteiger partial charge >= 0.3 is 5.97 Å². The molecule has 0 aromatic heterocycles. The molecule has 1 heterocycles. The Morgan fingerprint density at radius 1 is 0.643 bits per heavy atom. The molecule has 1 saturated heterocycles. The number of amides is 7. The Morgan fingerprint density at radius 2 is 1.11 bits per heavy atom. The van der Waals surface area contributed by atoms with E-state index in [1.165, 1.54) is 78.6 Å². The monoisotopic (exact) mass is 995 g/mol. The number of unbranched alkanes of at least 4 members (excludes halogenated alkanes) is 15. The topological polar surface area (TPSA) is 349 Å². The molecule has 0 aliphatic carbocycles. The van der Waals surface area contributed by atoms with E-state index < -0.39 is 114 Å². The molecule has 10 atom stereocenters. The fraction of sp³-hybridized carbons (Fsp3) is 0.816. The molecule has 402 valence electrons. The first-order valence-corrected chi connectivity index (χ1v) is 25.8. The molecule has 0 aromatic carbocycles. The molecular formula is C49H90N10O11. The normalized spacial score (nSPS) is 23.4. The highest BCUT2D eigenvalue weighted by Gasteiger charge is 2.38. The van der Waals surface area contributed by atoms with E-state index in [9.17, 15) is 48.6 Å². The lowest BCUT2D eigenvalue weighted by molar-refractivity contribution is -0.155. The number of aliphatic hydroxyl groups is 2. The Morgan fingerprint density at radius 3 is 1.60 bits per heavy atom. The van der Waals surface area contributed by atoms with Crippen LogP contribution in [0.25, 0.3) is 0 Å². The lowest BCUT2D eigenvalue weighted by Gasteiger charge is -2.30. The lowest BCUT2D eigenvalue weighted by atomic mass is 9.96. The average Bonchev–Trinajstić information content (AvgIpc) is 3.27. The second-order valence-electron chi connectivity index (χ2n) is 19.5. The maximum absolute atomic E-state index is 14.1. The van der Waals surface area contributed by atoms with E-state index in [2.05, 4.69) is 36.9 Å². The maximum Gasteiger partial charge on any atom is 0.328 e. The predicted molar refractivity (Wildman–Crippen MR) is 267 cm³/mol. The van der Waals surface area contributed by atoms with Crippen molar-refractivity contribution in [1.29, 1.82) is 0 Å². The summed E-state index contributed by atoms with van der Waals surface area (Å²) in [6.45, 7) is 11.5. The SMILES string of the molecule is CC[C@@H](C)[C@@H]1NC(=O)[C@@H](CC(C)C)NC(=O)[C@@H](NC(=O)C[C@H](O)CCCCCCCCCCCCCCCCCCN=C(N)N)[C@@H](C)OC(=O)[C@@H](C)NC(=O)[C@@H](CC(N)=O)NC(=O)[C@@H]([C@@H](C)O)NC1=O. The van der Waals surface area contributed by atoms with Crippen molar-refractivity contribution in [3.8, 4) is 0 Å². The molecule has 0 spiro atoms. The van der Waals surface area contributed by atoms with Crippen LogP contribution in [0.3, 0.4) is 0 Å². The molecule has 1 aliphatic rings. The fourth-order valence-corrected chi connectivity index (χ4v) is 8.09. The lowest BCUT2D eigenvalue weighted by Crippen LogP contribution is -2.62. The largest absolute Gasteiger partial charge is 0.458 e. The molecule has 7 amide bonds. The summed E-state index contributed by atoms with van der Waals surface area (Å²) in [5, 5.41) is 36.3. The second-order valence-corrected chi connectivity index (χ2v) is 19.5. The Labute approximate surface area is 415 Å². The summed E-state index contributed by atoms with van der Waals surface area (Å²) in [5.41, 5.74) is 16.1. The number of aliphatic imine (C=N–C) groups is 1. The van der Waals surface area contributed by atoms with Crippen LogP contribution in [-0.2, 0) is 43.1 Å². The van der Waals surface area contributed by atoms with Crippen LogP contribution in [-0.4, -0.2) is 125 Å². The van der Waals surface area contributed by atoms with Gasteiger partial charge < -0.3 is 64.1 Å². The molecule has 1 rings (SSSR count). The molecule has 70 heavy (non-hydrogen) atoms. The number of carbonyl (C=O) groups is 8. The van der Waals surface area contributed by atoms with Gasteiger partial charge in [-0.15, -0.1) is 0 Å². The van der Waals surface area contributed by atoms with Crippen LogP contribution >= 0.6 is 0 Å². The van der Waals surface area contributed by atoms with Crippen LogP contribution in [0.1, 0.15) is 183 Å². The number of hydrogen-bond donors (Lipinski definition) is 11. The molecule has 1 fully saturated rings.